The first-order chi connectivity index (χ1) is 29.0. The molecule has 2 amide bonds. The Morgan fingerprint density at radius 2 is 1.36 bits per heavy atom. The highest BCUT2D eigenvalue weighted by molar-refractivity contribution is 7.88. The number of sulfonamides is 1. The summed E-state index contributed by atoms with van der Waals surface area (Å²) in [4.78, 5) is 58.9. The van der Waals surface area contributed by atoms with Crippen molar-refractivity contribution in [2.45, 2.75) is 85.2 Å². The molecule has 0 aliphatic heterocycles. The maximum absolute atomic E-state index is 14.3. The van der Waals surface area contributed by atoms with E-state index in [0.29, 0.717) is 62.2 Å². The van der Waals surface area contributed by atoms with Gasteiger partial charge in [0.2, 0.25) is 10.0 Å². The van der Waals surface area contributed by atoms with E-state index in [1.807, 2.05) is 6.92 Å². The van der Waals surface area contributed by atoms with Crippen LogP contribution in [-0.4, -0.2) is 75.0 Å². The highest BCUT2D eigenvalue weighted by Gasteiger charge is 2.35. The van der Waals surface area contributed by atoms with E-state index in [9.17, 15) is 27.6 Å². The van der Waals surface area contributed by atoms with Crippen molar-refractivity contribution in [3.05, 3.63) is 125 Å². The molecule has 6 aromatic heterocycles. The number of ether oxygens (including phenoxy) is 2. The second-order valence-electron chi connectivity index (χ2n) is 15.8. The third kappa shape index (κ3) is 8.04. The fourth-order valence-corrected chi connectivity index (χ4v) is 9.72. The van der Waals surface area contributed by atoms with Crippen molar-refractivity contribution in [3.63, 3.8) is 0 Å². The average Bonchev–Trinajstić information content (AvgIpc) is 3.97. The summed E-state index contributed by atoms with van der Waals surface area (Å²) in [7, 11) is 0.314. The molecule has 6 aromatic rings. The number of aromatic nitrogens is 6. The maximum atomic E-state index is 14.3. The lowest BCUT2D eigenvalue weighted by Crippen LogP contribution is -2.32. The number of carbonyl (C=O) groups excluding carboxylic acids is 2. The Labute approximate surface area is 352 Å². The minimum atomic E-state index is -4.07. The number of aryl methyl sites for hydroxylation is 2. The van der Waals surface area contributed by atoms with E-state index in [2.05, 4.69) is 32.6 Å². The van der Waals surface area contributed by atoms with Gasteiger partial charge in [-0.3, -0.25) is 19.2 Å². The number of amides is 2. The van der Waals surface area contributed by atoms with Gasteiger partial charge in [0, 0.05) is 36.2 Å². The summed E-state index contributed by atoms with van der Waals surface area (Å²) >= 11 is 0. The summed E-state index contributed by atoms with van der Waals surface area (Å²) in [6.07, 6.45) is 5.19. The smallest absolute Gasteiger partial charge is 0.256 e. The molecule has 2 atom stereocenters. The predicted molar refractivity (Wildman–Crippen MR) is 229 cm³/mol. The van der Waals surface area contributed by atoms with E-state index in [1.165, 1.54) is 31.8 Å². The molecule has 0 radical (unpaired) electrons. The third-order valence-electron chi connectivity index (χ3n) is 11.8. The summed E-state index contributed by atoms with van der Waals surface area (Å²) in [5.41, 5.74) is 5.49. The molecule has 322 valence electrons. The van der Waals surface area contributed by atoms with E-state index in [1.54, 1.807) is 73.3 Å². The van der Waals surface area contributed by atoms with E-state index in [0.717, 1.165) is 24.1 Å². The molecule has 0 spiro atoms. The standard InChI is InChI=1S/C43H51N9O8S/c1-22-15-34(59-8)30(40(53)48-22)19-44-42(55)36-26(5)39(51-32(36)11-10-14-46-51)27(6)50(7)61(57,58)21-28-17-33-37(25(4)38(52(33)47-18-28)24(3)29-12-13-29)43(56)45-20-31-35(60-9)16-23(2)49-41(31)54/h10-11,14-18,24,27,29H,12-13,19-21H2,1-9H3,(H,44,55)(H,45,56)(H,48,53)(H,49,54). The highest BCUT2D eigenvalue weighted by atomic mass is 32.2. The molecule has 61 heavy (non-hydrogen) atoms. The van der Waals surface area contributed by atoms with E-state index in [4.69, 9.17) is 14.6 Å². The molecule has 2 unspecified atom stereocenters. The van der Waals surface area contributed by atoms with Gasteiger partial charge in [-0.05, 0) is 100 Å². The third-order valence-corrected chi connectivity index (χ3v) is 13.7. The number of nitrogens with one attached hydrogen (secondary N) is 4. The largest absolute Gasteiger partial charge is 0.496 e. The van der Waals surface area contributed by atoms with Crippen LogP contribution in [0.1, 0.15) is 110 Å². The highest BCUT2D eigenvalue weighted by Crippen LogP contribution is 2.44. The van der Waals surface area contributed by atoms with Crippen LogP contribution in [-0.2, 0) is 28.9 Å². The van der Waals surface area contributed by atoms with Crippen molar-refractivity contribution in [1.29, 1.82) is 0 Å². The molecule has 0 saturated heterocycles. The van der Waals surface area contributed by atoms with Crippen LogP contribution in [0, 0.1) is 33.6 Å². The Balaban J connectivity index is 1.18. The summed E-state index contributed by atoms with van der Waals surface area (Å²) < 4.78 is 44.0. The Kier molecular flexibility index (Phi) is 11.7. The zero-order valence-electron chi connectivity index (χ0n) is 35.7. The monoisotopic (exact) mass is 853 g/mol. The first-order valence-electron chi connectivity index (χ1n) is 20.0. The molecule has 6 heterocycles. The molecule has 1 aliphatic rings. The zero-order valence-corrected chi connectivity index (χ0v) is 36.5. The maximum Gasteiger partial charge on any atom is 0.256 e. The molecule has 18 heteroatoms. The lowest BCUT2D eigenvalue weighted by molar-refractivity contribution is 0.0943. The number of pyridine rings is 2. The number of hydrogen-bond donors (Lipinski definition) is 4. The molecular formula is C43H51N9O8S. The van der Waals surface area contributed by atoms with E-state index < -0.39 is 33.6 Å². The van der Waals surface area contributed by atoms with Crippen LogP contribution in [0.2, 0.25) is 0 Å². The molecule has 1 saturated carbocycles. The van der Waals surface area contributed by atoms with Crippen LogP contribution >= 0.6 is 0 Å². The van der Waals surface area contributed by atoms with Crippen molar-refractivity contribution in [2.24, 2.45) is 5.92 Å². The Bertz CT molecular complexity index is 2940. The topological polar surface area (TPSA) is 214 Å². The second kappa shape index (κ2) is 16.6. The quantitative estimate of drug-likeness (QED) is 0.114. The van der Waals surface area contributed by atoms with Gasteiger partial charge in [-0.1, -0.05) is 6.92 Å². The molecule has 4 N–H and O–H groups in total. The first kappa shape index (κ1) is 42.8. The van der Waals surface area contributed by atoms with Gasteiger partial charge in [0.15, 0.2) is 0 Å². The molecule has 7 rings (SSSR count). The molecule has 1 fully saturated rings. The van der Waals surface area contributed by atoms with Crippen LogP contribution < -0.4 is 31.2 Å². The van der Waals surface area contributed by atoms with Crippen molar-refractivity contribution < 1.29 is 27.5 Å². The number of fused-ring (bicyclic) bond motifs is 2. The van der Waals surface area contributed by atoms with Gasteiger partial charge in [-0.2, -0.15) is 14.5 Å². The Morgan fingerprint density at radius 1 is 0.836 bits per heavy atom. The summed E-state index contributed by atoms with van der Waals surface area (Å²) in [6, 6.07) is 7.66. The van der Waals surface area contributed by atoms with Crippen LogP contribution in [0.4, 0.5) is 0 Å². The van der Waals surface area contributed by atoms with Crippen molar-refractivity contribution >= 4 is 32.9 Å². The normalized spacial score (nSPS) is 14.1. The number of methoxy groups -OCH3 is 2. The molecule has 0 bridgehead atoms. The Morgan fingerprint density at radius 3 is 1.90 bits per heavy atom. The van der Waals surface area contributed by atoms with Gasteiger partial charge in [0.05, 0.1) is 84.3 Å². The Hall–Kier alpha value is -6.27. The molecule has 0 aromatic carbocycles. The van der Waals surface area contributed by atoms with Gasteiger partial charge in [-0.25, -0.2) is 17.4 Å². The van der Waals surface area contributed by atoms with Gasteiger partial charge in [-0.15, -0.1) is 0 Å². The summed E-state index contributed by atoms with van der Waals surface area (Å²) in [6.45, 7) is 10.7. The second-order valence-corrected chi connectivity index (χ2v) is 17.9. The first-order valence-corrected chi connectivity index (χ1v) is 21.6. The van der Waals surface area contributed by atoms with Crippen molar-refractivity contribution in [1.82, 2.24) is 44.1 Å². The van der Waals surface area contributed by atoms with Crippen LogP contribution in [0.3, 0.4) is 0 Å². The van der Waals surface area contributed by atoms with Crippen molar-refractivity contribution in [2.75, 3.05) is 21.3 Å². The zero-order chi connectivity index (χ0) is 44.1. The van der Waals surface area contributed by atoms with Crippen LogP contribution in [0.5, 0.6) is 11.5 Å². The lowest BCUT2D eigenvalue weighted by Gasteiger charge is -2.25. The number of hydrogen-bond acceptors (Lipinski definition) is 10. The molecular weight excluding hydrogens is 803 g/mol. The minimum Gasteiger partial charge on any atom is -0.496 e. The van der Waals surface area contributed by atoms with E-state index >= 15 is 0 Å². The van der Waals surface area contributed by atoms with Gasteiger partial charge >= 0.3 is 0 Å². The van der Waals surface area contributed by atoms with Gasteiger partial charge in [0.1, 0.15) is 11.5 Å². The summed E-state index contributed by atoms with van der Waals surface area (Å²) in [5, 5.41) is 14.9. The number of H-pyrrole nitrogens is 2. The predicted octanol–water partition coefficient (Wildman–Crippen LogP) is 4.51. The number of rotatable bonds is 15. The number of nitrogens with zero attached hydrogens (tertiary/aromatic N) is 5. The number of carbonyl (C=O) groups is 2. The number of aromatic amines is 2. The summed E-state index contributed by atoms with van der Waals surface area (Å²) in [5.74, 6) is -0.127. The minimum absolute atomic E-state index is 0.0944. The average molecular weight is 854 g/mol. The molecule has 1 aliphatic carbocycles. The van der Waals surface area contributed by atoms with E-state index in [-0.39, 0.29) is 46.8 Å². The molecule has 17 nitrogen and oxygen atoms in total. The van der Waals surface area contributed by atoms with Gasteiger partial charge < -0.3 is 30.1 Å². The van der Waals surface area contributed by atoms with Crippen LogP contribution in [0.25, 0.3) is 11.0 Å². The SMILES string of the molecule is COc1cc(C)[nH]c(=O)c1CNC(=O)c1c(C)c(C(C)C2CC2)n2ncc(CS(=O)(=O)N(C)C(C)c3c(C)c(C(=O)NCc4c(OC)cc(C)[nH]c4=O)c4cccnn34)cc12. The lowest BCUT2D eigenvalue weighted by atomic mass is 9.97. The fraction of sp³-hybridized carbons (Fsp3) is 0.395. The van der Waals surface area contributed by atoms with Gasteiger partial charge in [0.25, 0.3) is 22.9 Å². The van der Waals surface area contributed by atoms with Crippen molar-refractivity contribution in [3.8, 4) is 11.5 Å². The van der Waals surface area contributed by atoms with Crippen LogP contribution in [0.15, 0.2) is 52.3 Å². The fourth-order valence-electron chi connectivity index (χ4n) is 8.36.